The molecule has 2 rings (SSSR count). The Kier molecular flexibility index (Phi) is 14.4. The molecular weight excluding hydrogens is 609 g/mol. The van der Waals surface area contributed by atoms with E-state index in [9.17, 15) is 31.1 Å². The summed E-state index contributed by atoms with van der Waals surface area (Å²) < 4.78 is 71.7. The molecule has 0 aliphatic heterocycles. The number of rotatable bonds is 20. The van der Waals surface area contributed by atoms with Crippen LogP contribution in [0.5, 0.6) is 0 Å². The number of ether oxygens (including phenoxy) is 2. The van der Waals surface area contributed by atoms with Crippen molar-refractivity contribution in [2.45, 2.75) is 56.4 Å². The summed E-state index contributed by atoms with van der Waals surface area (Å²) in [7, 11) is -6.93. The number of sulfonamides is 1. The van der Waals surface area contributed by atoms with Crippen LogP contribution in [-0.2, 0) is 36.5 Å². The van der Waals surface area contributed by atoms with E-state index in [2.05, 4.69) is 48.0 Å². The molecule has 10 nitrogen and oxygen atoms in total. The number of nitrogens with zero attached hydrogens (tertiary/aromatic N) is 3. The summed E-state index contributed by atoms with van der Waals surface area (Å²) in [6.45, 7) is 11.2. The average molecular weight is 654 g/mol. The van der Waals surface area contributed by atoms with Gasteiger partial charge in [-0.15, -0.1) is 3.89 Å². The van der Waals surface area contributed by atoms with E-state index < -0.39 is 25.3 Å². The van der Waals surface area contributed by atoms with Crippen LogP contribution in [0.15, 0.2) is 65.8 Å². The minimum atomic E-state index is -5.56. The molecule has 3 atom stereocenters. The highest BCUT2D eigenvalue weighted by Crippen LogP contribution is 2.33. The molecule has 0 fully saturated rings. The number of hydrogen-bond acceptors (Lipinski definition) is 8. The smallest absolute Gasteiger partial charge is 0.240 e. The number of quaternary nitrogens is 1. The molecule has 2 aromatic rings. The first-order valence-corrected chi connectivity index (χ1v) is 17.2. The molecule has 2 aromatic carbocycles. The largest absolute Gasteiger partial charge is 0.507 e. The average Bonchev–Trinajstić information content (AvgIpc) is 2.96. The van der Waals surface area contributed by atoms with Gasteiger partial charge in [0.05, 0.1) is 19.3 Å². The highest BCUT2D eigenvalue weighted by molar-refractivity contribution is 8.10. The molecule has 1 N–H and O–H groups in total. The zero-order valence-electron chi connectivity index (χ0n) is 25.9. The van der Waals surface area contributed by atoms with Crippen LogP contribution < -0.4 is 0 Å². The van der Waals surface area contributed by atoms with Crippen molar-refractivity contribution in [1.82, 2.24) is 0 Å². The van der Waals surface area contributed by atoms with Crippen LogP contribution in [0.25, 0.3) is 4.13 Å². The van der Waals surface area contributed by atoms with E-state index in [1.54, 1.807) is 14.2 Å². The Morgan fingerprint density at radius 1 is 1.00 bits per heavy atom. The van der Waals surface area contributed by atoms with Crippen molar-refractivity contribution in [3.8, 4) is 6.07 Å². The van der Waals surface area contributed by atoms with Gasteiger partial charge in [-0.2, -0.15) is 5.26 Å². The second kappa shape index (κ2) is 17.0. The van der Waals surface area contributed by atoms with E-state index in [-0.39, 0.29) is 23.5 Å². The molecule has 44 heavy (non-hydrogen) atoms. The van der Waals surface area contributed by atoms with Crippen molar-refractivity contribution in [3.63, 3.8) is 0 Å². The Morgan fingerprint density at radius 3 is 2.00 bits per heavy atom. The zero-order chi connectivity index (χ0) is 33.0. The number of halogens is 1. The van der Waals surface area contributed by atoms with E-state index in [4.69, 9.17) is 9.47 Å². The quantitative estimate of drug-likeness (QED) is 0.106. The molecule has 0 aliphatic carbocycles. The van der Waals surface area contributed by atoms with Gasteiger partial charge in [0.25, 0.3) is 0 Å². The van der Waals surface area contributed by atoms with Gasteiger partial charge in [-0.25, -0.2) is 16.8 Å². The number of nitriles is 1. The van der Waals surface area contributed by atoms with Crippen LogP contribution in [0.1, 0.15) is 61.6 Å². The van der Waals surface area contributed by atoms with Crippen molar-refractivity contribution >= 4 is 20.4 Å². The lowest BCUT2D eigenvalue weighted by Crippen LogP contribution is -2.52. The molecule has 0 spiro atoms. The van der Waals surface area contributed by atoms with Gasteiger partial charge in [0.15, 0.2) is 0 Å². The second-order valence-electron chi connectivity index (χ2n) is 11.2. The second-order valence-corrected chi connectivity index (χ2v) is 14.1. The van der Waals surface area contributed by atoms with Gasteiger partial charge in [0.1, 0.15) is 42.0 Å². The Morgan fingerprint density at radius 2 is 1.55 bits per heavy atom. The van der Waals surface area contributed by atoms with E-state index in [1.807, 2.05) is 6.92 Å². The molecule has 0 amide bonds. The van der Waals surface area contributed by atoms with E-state index in [0.717, 1.165) is 23.1 Å². The lowest BCUT2D eigenvalue weighted by molar-refractivity contribution is -0.938. The summed E-state index contributed by atoms with van der Waals surface area (Å²) in [5, 5.41) is 20.0. The van der Waals surface area contributed by atoms with Crippen LogP contribution in [0.2, 0.25) is 0 Å². The Labute approximate surface area is 262 Å². The third-order valence-electron chi connectivity index (χ3n) is 7.84. The lowest BCUT2D eigenvalue weighted by atomic mass is 9.82. The van der Waals surface area contributed by atoms with Crippen LogP contribution in [0.3, 0.4) is 0 Å². The first-order chi connectivity index (χ1) is 20.7. The van der Waals surface area contributed by atoms with Crippen LogP contribution in [-0.4, -0.2) is 73.5 Å². The number of benzene rings is 2. The molecule has 3 unspecified atom stereocenters. The summed E-state index contributed by atoms with van der Waals surface area (Å²) in [5.74, 6) is -0.103. The molecule has 244 valence electrons. The minimum absolute atomic E-state index is 0.0931. The van der Waals surface area contributed by atoms with Crippen molar-refractivity contribution in [3.05, 3.63) is 81.7 Å². The van der Waals surface area contributed by atoms with E-state index >= 15 is 0 Å². The van der Waals surface area contributed by atoms with Crippen molar-refractivity contribution in [2.24, 2.45) is 5.92 Å². The maximum Gasteiger partial charge on any atom is 0.240 e. The SMILES string of the molecule is C=C(O)C[N+](CCOC)(CCOC)Cc1ccc(C(CC)CC(C#N)CC(C)c2ccc(S(=O)(=O)[N-]S(=O)(=O)F)cc2)cc1. The molecule has 0 saturated carbocycles. The van der Waals surface area contributed by atoms with Gasteiger partial charge >= 0.3 is 0 Å². The molecule has 0 aliphatic rings. The fourth-order valence-electron chi connectivity index (χ4n) is 5.50. The monoisotopic (exact) mass is 653 g/mol. The standard InChI is InChI=1S/C31H44FN3O7S2/c1-6-28(30-9-7-26(8-10-30)23-35(15-17-41-4,16-18-42-5)22-25(3)36)20-27(21-33)19-24(2)29-11-13-31(14-12-29)43(37,38)34-44(32,39)40/h7-14,24,27-28,36H,3,6,15-20,22-23H2,1-2,4-5H3. The molecule has 0 radical (unpaired) electrons. The van der Waals surface area contributed by atoms with Crippen LogP contribution >= 0.6 is 0 Å². The van der Waals surface area contributed by atoms with Gasteiger partial charge in [-0.1, -0.05) is 56.8 Å². The number of hydrogen-bond donors (Lipinski definition) is 1. The summed E-state index contributed by atoms with van der Waals surface area (Å²) in [5.41, 5.74) is 2.99. The molecule has 13 heteroatoms. The lowest BCUT2D eigenvalue weighted by Gasteiger charge is -2.38. The minimum Gasteiger partial charge on any atom is -0.507 e. The summed E-state index contributed by atoms with van der Waals surface area (Å²) in [6.07, 6.45) is 2.01. The zero-order valence-corrected chi connectivity index (χ0v) is 27.5. The number of methoxy groups -OCH3 is 2. The third kappa shape index (κ3) is 11.9. The van der Waals surface area contributed by atoms with Crippen molar-refractivity contribution < 1.29 is 39.8 Å². The van der Waals surface area contributed by atoms with Crippen LogP contribution in [0, 0.1) is 17.2 Å². The molecule has 0 heterocycles. The van der Waals surface area contributed by atoms with Crippen molar-refractivity contribution in [2.75, 3.05) is 47.1 Å². The van der Waals surface area contributed by atoms with Gasteiger partial charge in [0.2, 0.25) is 10.4 Å². The highest BCUT2D eigenvalue weighted by Gasteiger charge is 2.29. The normalized spacial score (nSPS) is 14.5. The van der Waals surface area contributed by atoms with Gasteiger partial charge in [0, 0.05) is 30.6 Å². The number of aliphatic hydroxyl groups is 1. The molecular formula is C31H44FN3O7S2. The molecule has 0 bridgehead atoms. The molecule has 0 aromatic heterocycles. The Bertz CT molecular complexity index is 1450. The fourth-order valence-corrected chi connectivity index (χ4v) is 7.26. The molecule has 0 saturated heterocycles. The first kappa shape index (κ1) is 37.3. The topological polar surface area (TPSA) is 145 Å². The third-order valence-corrected chi connectivity index (χ3v) is 10.2. The Balaban J connectivity index is 2.14. The maximum absolute atomic E-state index is 12.8. The summed E-state index contributed by atoms with van der Waals surface area (Å²) in [4.78, 5) is -0.435. The maximum atomic E-state index is 12.8. The van der Waals surface area contributed by atoms with Crippen molar-refractivity contribution in [1.29, 1.82) is 5.26 Å². The van der Waals surface area contributed by atoms with Gasteiger partial charge in [-0.3, -0.25) is 0 Å². The van der Waals surface area contributed by atoms with Gasteiger partial charge < -0.3 is 23.2 Å². The predicted molar refractivity (Wildman–Crippen MR) is 167 cm³/mol. The summed E-state index contributed by atoms with van der Waals surface area (Å²) in [6, 6.07) is 16.2. The van der Waals surface area contributed by atoms with Crippen LogP contribution in [0.4, 0.5) is 3.89 Å². The fraction of sp³-hybridized carbons (Fsp3) is 0.516. The first-order valence-electron chi connectivity index (χ1n) is 14.4. The Hall–Kier alpha value is -2.86. The highest BCUT2D eigenvalue weighted by atomic mass is 32.3. The predicted octanol–water partition coefficient (Wildman–Crippen LogP) is 5.86. The van der Waals surface area contributed by atoms with E-state index in [0.29, 0.717) is 56.7 Å². The van der Waals surface area contributed by atoms with Gasteiger partial charge in [-0.05, 0) is 54.4 Å². The van der Waals surface area contributed by atoms with E-state index in [1.165, 1.54) is 24.3 Å². The summed E-state index contributed by atoms with van der Waals surface area (Å²) >= 11 is 0. The number of aliphatic hydroxyl groups excluding tert-OH is 1.